The first kappa shape index (κ1) is 23.6. The summed E-state index contributed by atoms with van der Waals surface area (Å²) < 4.78 is 56.1. The summed E-state index contributed by atoms with van der Waals surface area (Å²) in [6.07, 6.45) is -6.90. The molecule has 71 valence electrons. The van der Waals surface area contributed by atoms with Crippen molar-refractivity contribution in [2.75, 3.05) is 0 Å². The molecule has 7 heteroatoms. The van der Waals surface area contributed by atoms with Crippen LogP contribution >= 0.6 is 0 Å². The molecule has 0 aliphatic rings. The van der Waals surface area contributed by atoms with E-state index in [-0.39, 0.29) is 38.3 Å². The van der Waals surface area contributed by atoms with Gasteiger partial charge in [0.15, 0.2) is 0 Å². The second kappa shape index (κ2) is 9.43. The number of alkyl halides is 5. The Kier molecular flexibility index (Phi) is 17.1. The number of hydrogen-bond donors (Lipinski definition) is 0. The van der Waals surface area contributed by atoms with Crippen LogP contribution in [0, 0.1) is 13.8 Å². The average Bonchev–Trinajstić information content (AvgIpc) is 1.90. The van der Waals surface area contributed by atoms with Gasteiger partial charge in [0.1, 0.15) is 0 Å². The Balaban J connectivity index is -0.0000000941. The van der Waals surface area contributed by atoms with E-state index in [1.807, 2.05) is 0 Å². The maximum atomic E-state index is 11.5. The summed E-state index contributed by atoms with van der Waals surface area (Å²) >= 11 is 0. The third kappa shape index (κ3) is 9.18. The molecular weight excluding hydrogens is 239 g/mol. The Morgan fingerprint density at radius 3 is 1.23 bits per heavy atom. The first-order valence-corrected chi connectivity index (χ1v) is 2.76. The zero-order chi connectivity index (χ0) is 9.71. The standard InChI is InChI=1S/C4H4F5.C2H5.Li.Zn/c1-2-3(5,6)4(7,8)9;1-2;;/h1-2H2;1H2,2H3;;/q2*-1;;+2. The molecule has 0 spiro atoms. The number of rotatable bonds is 1. The van der Waals surface area contributed by atoms with Crippen LogP contribution in [-0.4, -0.2) is 31.0 Å². The van der Waals surface area contributed by atoms with Gasteiger partial charge in [0.25, 0.3) is 0 Å². The SMILES string of the molecule is [CH2-]C.[CH2-]CC(F)(F)C(F)(F)F.[Li].[Zn+2]. The van der Waals surface area contributed by atoms with E-state index in [4.69, 9.17) is 0 Å². The van der Waals surface area contributed by atoms with Crippen LogP contribution in [0.5, 0.6) is 0 Å². The van der Waals surface area contributed by atoms with Crippen molar-refractivity contribution >= 4 is 18.9 Å². The summed E-state index contributed by atoms with van der Waals surface area (Å²) in [4.78, 5) is 0. The molecule has 0 saturated carbocycles. The van der Waals surface area contributed by atoms with Crippen LogP contribution in [0.15, 0.2) is 0 Å². The Bertz CT molecular complexity index is 104. The molecule has 0 aliphatic heterocycles. The van der Waals surface area contributed by atoms with Gasteiger partial charge in [0.2, 0.25) is 0 Å². The predicted molar refractivity (Wildman–Crippen MR) is 37.8 cm³/mol. The average molecular weight is 248 g/mol. The first-order chi connectivity index (χ1) is 4.81. The van der Waals surface area contributed by atoms with Gasteiger partial charge in [0, 0.05) is 18.9 Å². The number of halogens is 5. The molecule has 0 aromatic rings. The van der Waals surface area contributed by atoms with Crippen LogP contribution in [0.2, 0.25) is 0 Å². The van der Waals surface area contributed by atoms with E-state index >= 15 is 0 Å². The second-order valence-corrected chi connectivity index (χ2v) is 1.45. The fourth-order valence-electron chi connectivity index (χ4n) is 0.142. The minimum Gasteiger partial charge on any atom is -0.346 e. The molecule has 0 fully saturated rings. The van der Waals surface area contributed by atoms with Gasteiger partial charge >= 0.3 is 31.6 Å². The van der Waals surface area contributed by atoms with Gasteiger partial charge in [-0.2, -0.15) is 28.9 Å². The monoisotopic (exact) mass is 247 g/mol. The zero-order valence-electron chi connectivity index (χ0n) is 7.72. The maximum Gasteiger partial charge on any atom is 2.00 e. The predicted octanol–water partition coefficient (Wildman–Crippen LogP) is 2.87. The topological polar surface area (TPSA) is 0 Å². The van der Waals surface area contributed by atoms with Crippen LogP contribution < -0.4 is 0 Å². The van der Waals surface area contributed by atoms with Crippen molar-refractivity contribution in [3.05, 3.63) is 13.8 Å². The quantitative estimate of drug-likeness (QED) is 0.380. The van der Waals surface area contributed by atoms with Crippen molar-refractivity contribution in [2.24, 2.45) is 0 Å². The fourth-order valence-corrected chi connectivity index (χ4v) is 0.142. The van der Waals surface area contributed by atoms with E-state index in [1.54, 1.807) is 6.92 Å². The Labute approximate surface area is 99.6 Å². The van der Waals surface area contributed by atoms with E-state index in [1.165, 1.54) is 0 Å². The molecule has 0 atom stereocenters. The molecule has 1 radical (unpaired) electrons. The number of hydrogen-bond acceptors (Lipinski definition) is 0. The van der Waals surface area contributed by atoms with Crippen LogP contribution in [0.4, 0.5) is 22.0 Å². The van der Waals surface area contributed by atoms with Crippen LogP contribution in [0.25, 0.3) is 0 Å². The third-order valence-corrected chi connectivity index (χ3v) is 0.729. The third-order valence-electron chi connectivity index (χ3n) is 0.729. The molecular formula is C6H9F5LiZn. The van der Waals surface area contributed by atoms with E-state index < -0.39 is 18.5 Å². The zero-order valence-corrected chi connectivity index (χ0v) is 10.7. The molecule has 0 saturated heterocycles. The minimum absolute atomic E-state index is 0. The second-order valence-electron chi connectivity index (χ2n) is 1.45. The summed E-state index contributed by atoms with van der Waals surface area (Å²) in [6.45, 7) is 7.45. The van der Waals surface area contributed by atoms with Crippen molar-refractivity contribution in [3.63, 3.8) is 0 Å². The van der Waals surface area contributed by atoms with Crippen LogP contribution in [-0.2, 0) is 19.5 Å². The minimum atomic E-state index is -5.45. The fraction of sp³-hybridized carbons (Fsp3) is 0.667. The maximum absolute atomic E-state index is 11.5. The molecule has 13 heavy (non-hydrogen) atoms. The van der Waals surface area contributed by atoms with E-state index in [0.717, 1.165) is 0 Å². The van der Waals surface area contributed by atoms with Crippen LogP contribution in [0.3, 0.4) is 0 Å². The molecule has 0 aromatic carbocycles. The van der Waals surface area contributed by atoms with Gasteiger partial charge in [-0.15, -0.1) is 6.42 Å². The van der Waals surface area contributed by atoms with Crippen molar-refractivity contribution in [3.8, 4) is 0 Å². The van der Waals surface area contributed by atoms with Gasteiger partial charge in [0.05, 0.1) is 0 Å². The Hall–Kier alpha value is 0.871. The van der Waals surface area contributed by atoms with Gasteiger partial charge in [-0.1, -0.05) is 0 Å². The van der Waals surface area contributed by atoms with Gasteiger partial charge in [-0.05, 0) is 0 Å². The molecule has 0 nitrogen and oxygen atoms in total. The Morgan fingerprint density at radius 1 is 1.00 bits per heavy atom. The largest absolute Gasteiger partial charge is 2.00 e. The summed E-state index contributed by atoms with van der Waals surface area (Å²) in [7, 11) is 0. The molecule has 0 heterocycles. The molecule has 0 unspecified atom stereocenters. The van der Waals surface area contributed by atoms with Gasteiger partial charge < -0.3 is 13.8 Å². The van der Waals surface area contributed by atoms with E-state index in [0.29, 0.717) is 0 Å². The molecule has 0 amide bonds. The molecule has 0 bridgehead atoms. The van der Waals surface area contributed by atoms with Crippen molar-refractivity contribution in [1.82, 2.24) is 0 Å². The normalized spacial score (nSPS) is 10.2. The summed E-state index contributed by atoms with van der Waals surface area (Å²) in [5.74, 6) is -4.63. The van der Waals surface area contributed by atoms with Crippen molar-refractivity contribution < 1.29 is 41.4 Å². The van der Waals surface area contributed by atoms with Crippen molar-refractivity contribution in [2.45, 2.75) is 25.4 Å². The summed E-state index contributed by atoms with van der Waals surface area (Å²) in [6, 6.07) is 0. The van der Waals surface area contributed by atoms with Gasteiger partial charge in [-0.25, -0.2) is 0 Å². The molecule has 0 rings (SSSR count). The summed E-state index contributed by atoms with van der Waals surface area (Å²) in [5.41, 5.74) is 0. The first-order valence-electron chi connectivity index (χ1n) is 2.76. The van der Waals surface area contributed by atoms with E-state index in [2.05, 4.69) is 13.8 Å². The van der Waals surface area contributed by atoms with Crippen LogP contribution in [0.1, 0.15) is 13.3 Å². The van der Waals surface area contributed by atoms with Crippen molar-refractivity contribution in [1.29, 1.82) is 0 Å². The van der Waals surface area contributed by atoms with Gasteiger partial charge in [-0.3, -0.25) is 0 Å². The molecule has 0 aliphatic carbocycles. The molecule has 0 aromatic heterocycles. The van der Waals surface area contributed by atoms with E-state index in [9.17, 15) is 22.0 Å². The molecule has 0 N–H and O–H groups in total. The summed E-state index contributed by atoms with van der Waals surface area (Å²) in [5, 5.41) is 0. The Morgan fingerprint density at radius 2 is 1.23 bits per heavy atom. The smallest absolute Gasteiger partial charge is 0.346 e.